The molecule has 0 aliphatic carbocycles. The summed E-state index contributed by atoms with van der Waals surface area (Å²) in [6, 6.07) is 0. The molecule has 0 radical (unpaired) electrons. The summed E-state index contributed by atoms with van der Waals surface area (Å²) in [6.07, 6.45) is 18.7. The Morgan fingerprint density at radius 1 is 1.13 bits per heavy atom. The highest BCUT2D eigenvalue weighted by atomic mass is 16.5. The minimum Gasteiger partial charge on any atom is -0.480 e. The van der Waals surface area contributed by atoms with Gasteiger partial charge in [0.1, 0.15) is 12.1 Å². The van der Waals surface area contributed by atoms with Gasteiger partial charge in [0.2, 0.25) is 0 Å². The van der Waals surface area contributed by atoms with Gasteiger partial charge in [0.05, 0.1) is 12.2 Å². The van der Waals surface area contributed by atoms with E-state index in [9.17, 15) is 14.7 Å². The van der Waals surface area contributed by atoms with Gasteiger partial charge < -0.3 is 14.7 Å². The normalized spacial score (nSPS) is 20.3. The van der Waals surface area contributed by atoms with Crippen LogP contribution in [0.25, 0.3) is 0 Å². The number of unbranched alkanes of at least 4 members (excludes halogenated alkanes) is 7. The van der Waals surface area contributed by atoms with Gasteiger partial charge in [-0.15, -0.1) is 5.10 Å². The first-order valence-corrected chi connectivity index (χ1v) is 14.7. The highest BCUT2D eigenvalue weighted by Crippen LogP contribution is 2.33. The standard InChI is InChI=1S/C29H45N5O4/c1-2-3-4-5-6-10-18-34-20-23(30-31-34)13-8-7-9-15-26(35)28(29(36)37)24-14-11-16-32-22-27-33(21-25(24)32)17-12-19-38-27/h11,16,20,27-28H,2-10,12-15,17-19,21-22H2,1H3,(H,36,37). The second-order valence-electron chi connectivity index (χ2n) is 10.9. The number of rotatable bonds is 16. The summed E-state index contributed by atoms with van der Waals surface area (Å²) in [5.74, 6) is -2.29. The molecule has 38 heavy (non-hydrogen) atoms. The predicted octanol–water partition coefficient (Wildman–Crippen LogP) is 4.55. The van der Waals surface area contributed by atoms with Crippen molar-refractivity contribution >= 4 is 11.8 Å². The number of aliphatic carboxylic acids is 1. The van der Waals surface area contributed by atoms with Crippen LogP contribution in [-0.4, -0.2) is 74.1 Å². The molecule has 3 aliphatic heterocycles. The number of carbonyl (C=O) groups excluding carboxylic acids is 1. The number of carboxylic acid groups (broad SMARTS) is 1. The van der Waals surface area contributed by atoms with Crippen molar-refractivity contribution in [2.75, 3.05) is 26.2 Å². The SMILES string of the molecule is CCCCCCCCn1cc(CCCCCC(=O)C(C(=O)O)C2=C3CN4CCCOC4CN3C=CC2)nn1. The van der Waals surface area contributed by atoms with Crippen molar-refractivity contribution in [1.82, 2.24) is 24.8 Å². The van der Waals surface area contributed by atoms with E-state index >= 15 is 0 Å². The second kappa shape index (κ2) is 14.6. The van der Waals surface area contributed by atoms with E-state index in [1.807, 2.05) is 23.2 Å². The van der Waals surface area contributed by atoms with E-state index < -0.39 is 11.9 Å². The van der Waals surface area contributed by atoms with E-state index in [2.05, 4.69) is 27.0 Å². The molecule has 1 aromatic rings. The Labute approximate surface area is 226 Å². The summed E-state index contributed by atoms with van der Waals surface area (Å²) in [4.78, 5) is 29.8. The van der Waals surface area contributed by atoms with Gasteiger partial charge in [-0.25, -0.2) is 0 Å². The third-order valence-corrected chi connectivity index (χ3v) is 7.95. The zero-order chi connectivity index (χ0) is 26.7. The van der Waals surface area contributed by atoms with Crippen LogP contribution in [0.2, 0.25) is 0 Å². The predicted molar refractivity (Wildman–Crippen MR) is 145 cm³/mol. The van der Waals surface area contributed by atoms with Crippen molar-refractivity contribution in [3.05, 3.63) is 35.4 Å². The first-order valence-electron chi connectivity index (χ1n) is 14.7. The van der Waals surface area contributed by atoms with Crippen LogP contribution in [0.5, 0.6) is 0 Å². The number of aromatic nitrogens is 3. The fourth-order valence-corrected chi connectivity index (χ4v) is 5.82. The number of aryl methyl sites for hydroxylation is 2. The summed E-state index contributed by atoms with van der Waals surface area (Å²) in [5.41, 5.74) is 2.71. The van der Waals surface area contributed by atoms with Crippen LogP contribution in [0.15, 0.2) is 29.7 Å². The van der Waals surface area contributed by atoms with Crippen molar-refractivity contribution in [2.24, 2.45) is 5.92 Å². The molecule has 9 heteroatoms. The lowest BCUT2D eigenvalue weighted by atomic mass is 9.86. The van der Waals surface area contributed by atoms with E-state index in [0.717, 1.165) is 68.8 Å². The molecule has 0 saturated carbocycles. The molecule has 9 nitrogen and oxygen atoms in total. The van der Waals surface area contributed by atoms with Crippen molar-refractivity contribution < 1.29 is 19.4 Å². The third kappa shape index (κ3) is 7.76. The Morgan fingerprint density at radius 3 is 2.79 bits per heavy atom. The molecule has 210 valence electrons. The maximum Gasteiger partial charge on any atom is 0.318 e. The molecular formula is C29H45N5O4. The maximum absolute atomic E-state index is 13.1. The lowest BCUT2D eigenvalue weighted by Gasteiger charge is -2.46. The molecule has 2 unspecified atom stereocenters. The molecule has 2 saturated heterocycles. The smallest absolute Gasteiger partial charge is 0.318 e. The highest BCUT2D eigenvalue weighted by molar-refractivity contribution is 6.01. The van der Waals surface area contributed by atoms with Gasteiger partial charge in [0.15, 0.2) is 5.78 Å². The molecule has 4 heterocycles. The minimum absolute atomic E-state index is 0.0348. The Kier molecular flexibility index (Phi) is 10.9. The van der Waals surface area contributed by atoms with E-state index in [1.165, 1.54) is 32.1 Å². The van der Waals surface area contributed by atoms with Crippen molar-refractivity contribution in [3.63, 3.8) is 0 Å². The molecule has 1 N–H and O–H groups in total. The Hall–Kier alpha value is -2.52. The number of ether oxygens (including phenoxy) is 1. The second-order valence-corrected chi connectivity index (χ2v) is 10.9. The number of Topliss-reactive ketones (excluding diaryl/α,β-unsaturated/α-hetero) is 1. The summed E-state index contributed by atoms with van der Waals surface area (Å²) in [6.45, 7) is 6.17. The van der Waals surface area contributed by atoms with Crippen LogP contribution >= 0.6 is 0 Å². The molecule has 2 fully saturated rings. The summed E-state index contributed by atoms with van der Waals surface area (Å²) < 4.78 is 7.84. The largest absolute Gasteiger partial charge is 0.480 e. The summed E-state index contributed by atoms with van der Waals surface area (Å²) in [7, 11) is 0. The van der Waals surface area contributed by atoms with Crippen molar-refractivity contribution in [3.8, 4) is 0 Å². The van der Waals surface area contributed by atoms with Gasteiger partial charge >= 0.3 is 5.97 Å². The van der Waals surface area contributed by atoms with Crippen molar-refractivity contribution in [1.29, 1.82) is 0 Å². The number of ketones is 1. The number of piperazine rings is 1. The molecule has 1 aromatic heterocycles. The Bertz CT molecular complexity index is 987. The monoisotopic (exact) mass is 527 g/mol. The van der Waals surface area contributed by atoms with Crippen molar-refractivity contribution in [2.45, 2.75) is 103 Å². The van der Waals surface area contributed by atoms with Crippen LogP contribution in [-0.2, 0) is 27.3 Å². The van der Waals surface area contributed by atoms with Crippen LogP contribution in [0.4, 0.5) is 0 Å². The van der Waals surface area contributed by atoms with Gasteiger partial charge in [0.25, 0.3) is 0 Å². The topological polar surface area (TPSA) is 101 Å². The van der Waals surface area contributed by atoms with Gasteiger partial charge in [-0.05, 0) is 44.1 Å². The van der Waals surface area contributed by atoms with Gasteiger partial charge in [-0.1, -0.05) is 56.7 Å². The lowest BCUT2D eigenvalue weighted by molar-refractivity contribution is -0.145. The summed E-state index contributed by atoms with van der Waals surface area (Å²) >= 11 is 0. The first kappa shape index (κ1) is 28.5. The number of allylic oxidation sites excluding steroid dienone is 1. The van der Waals surface area contributed by atoms with E-state index in [4.69, 9.17) is 4.74 Å². The van der Waals surface area contributed by atoms with Gasteiger partial charge in [0, 0.05) is 50.8 Å². The molecule has 3 aliphatic rings. The van der Waals surface area contributed by atoms with Crippen LogP contribution in [0.1, 0.15) is 89.7 Å². The lowest BCUT2D eigenvalue weighted by Crippen LogP contribution is -2.55. The number of hydrogen-bond acceptors (Lipinski definition) is 7. The van der Waals surface area contributed by atoms with Crippen LogP contribution in [0, 0.1) is 5.92 Å². The zero-order valence-corrected chi connectivity index (χ0v) is 23.0. The minimum atomic E-state index is -1.07. The number of hydrogen-bond donors (Lipinski definition) is 1. The van der Waals surface area contributed by atoms with E-state index in [1.54, 1.807) is 0 Å². The molecule has 0 aromatic carbocycles. The van der Waals surface area contributed by atoms with Gasteiger partial charge in [-0.3, -0.25) is 19.2 Å². The molecule has 0 bridgehead atoms. The number of carboxylic acids is 1. The Balaban J connectivity index is 1.21. The average molecular weight is 528 g/mol. The molecule has 0 amide bonds. The number of nitrogens with zero attached hydrogens (tertiary/aromatic N) is 5. The quantitative estimate of drug-likeness (QED) is 0.247. The van der Waals surface area contributed by atoms with Gasteiger partial charge in [-0.2, -0.15) is 0 Å². The Morgan fingerprint density at radius 2 is 1.95 bits per heavy atom. The molecule has 0 spiro atoms. The third-order valence-electron chi connectivity index (χ3n) is 7.95. The number of carbonyl (C=O) groups is 2. The number of fused-ring (bicyclic) bond motifs is 2. The van der Waals surface area contributed by atoms with Crippen LogP contribution in [0.3, 0.4) is 0 Å². The zero-order valence-electron chi connectivity index (χ0n) is 23.0. The average Bonchev–Trinajstić information content (AvgIpc) is 3.37. The fourth-order valence-electron chi connectivity index (χ4n) is 5.82. The van der Waals surface area contributed by atoms with Crippen LogP contribution < -0.4 is 0 Å². The molecule has 4 rings (SSSR count). The summed E-state index contributed by atoms with van der Waals surface area (Å²) in [5, 5.41) is 18.6. The van der Waals surface area contributed by atoms with E-state index in [-0.39, 0.29) is 18.4 Å². The highest BCUT2D eigenvalue weighted by Gasteiger charge is 2.38. The first-order chi connectivity index (χ1) is 18.6. The maximum atomic E-state index is 13.1. The molecular weight excluding hydrogens is 482 g/mol. The van der Waals surface area contributed by atoms with E-state index in [0.29, 0.717) is 25.9 Å². The fraction of sp³-hybridized carbons (Fsp3) is 0.724. The molecule has 2 atom stereocenters.